The third-order valence-electron chi connectivity index (χ3n) is 3.09. The number of carbonyl (C=O) groups is 3. The second-order valence-electron chi connectivity index (χ2n) is 4.89. The highest BCUT2D eigenvalue weighted by Crippen LogP contribution is 2.22. The normalized spacial score (nSPS) is 10.1. The monoisotopic (exact) mass is 347 g/mol. The Balaban J connectivity index is 1.99. The molecule has 2 N–H and O–H groups in total. The lowest BCUT2D eigenvalue weighted by Crippen LogP contribution is -2.22. The summed E-state index contributed by atoms with van der Waals surface area (Å²) in [7, 11) is 0. The van der Waals surface area contributed by atoms with E-state index in [1.165, 1.54) is 25.1 Å². The first kappa shape index (κ1) is 17.5. The third-order valence-corrected chi connectivity index (χ3v) is 3.33. The van der Waals surface area contributed by atoms with Crippen LogP contribution in [0.25, 0.3) is 0 Å². The number of phenols is 1. The number of para-hydroxylation sites is 1. The van der Waals surface area contributed by atoms with Crippen molar-refractivity contribution < 1.29 is 24.2 Å². The summed E-state index contributed by atoms with van der Waals surface area (Å²) < 4.78 is 4.84. The standard InChI is InChI=1S/C17H14ClNO5/c1-10(20)12-4-2-3-5-14(12)19-16(22)9-24-17(23)13-7-6-11(18)8-15(13)21/h2-8,21H,9H2,1H3,(H,19,22). The molecule has 0 atom stereocenters. The lowest BCUT2D eigenvalue weighted by Gasteiger charge is -2.10. The maximum atomic E-state index is 11.9. The van der Waals surface area contributed by atoms with Gasteiger partial charge in [0.2, 0.25) is 0 Å². The third kappa shape index (κ3) is 4.33. The summed E-state index contributed by atoms with van der Waals surface area (Å²) in [5.41, 5.74) is 0.587. The lowest BCUT2D eigenvalue weighted by atomic mass is 10.1. The first-order valence-corrected chi connectivity index (χ1v) is 7.31. The van der Waals surface area contributed by atoms with Crippen molar-refractivity contribution in [3.63, 3.8) is 0 Å². The topological polar surface area (TPSA) is 92.7 Å². The van der Waals surface area contributed by atoms with E-state index >= 15 is 0 Å². The van der Waals surface area contributed by atoms with Crippen molar-refractivity contribution in [1.29, 1.82) is 0 Å². The highest BCUT2D eigenvalue weighted by Gasteiger charge is 2.15. The largest absolute Gasteiger partial charge is 0.507 e. The zero-order valence-electron chi connectivity index (χ0n) is 12.7. The van der Waals surface area contributed by atoms with Crippen molar-refractivity contribution in [3.05, 3.63) is 58.6 Å². The number of Topliss-reactive ketones (excluding diaryl/α,β-unsaturated/α-hetero) is 1. The number of amides is 1. The van der Waals surface area contributed by atoms with Gasteiger partial charge in [0.1, 0.15) is 11.3 Å². The number of anilines is 1. The molecule has 0 spiro atoms. The highest BCUT2D eigenvalue weighted by molar-refractivity contribution is 6.30. The highest BCUT2D eigenvalue weighted by atomic mass is 35.5. The molecule has 24 heavy (non-hydrogen) atoms. The average Bonchev–Trinajstić information content (AvgIpc) is 2.53. The number of ether oxygens (including phenoxy) is 1. The summed E-state index contributed by atoms with van der Waals surface area (Å²) in [5, 5.41) is 12.4. The maximum Gasteiger partial charge on any atom is 0.342 e. The van der Waals surface area contributed by atoms with Crippen molar-refractivity contribution in [1.82, 2.24) is 0 Å². The van der Waals surface area contributed by atoms with Gasteiger partial charge < -0.3 is 15.2 Å². The average molecular weight is 348 g/mol. The smallest absolute Gasteiger partial charge is 0.342 e. The van der Waals surface area contributed by atoms with Crippen LogP contribution < -0.4 is 5.32 Å². The van der Waals surface area contributed by atoms with Gasteiger partial charge in [-0.2, -0.15) is 0 Å². The quantitative estimate of drug-likeness (QED) is 0.640. The predicted molar refractivity (Wildman–Crippen MR) is 88.5 cm³/mol. The van der Waals surface area contributed by atoms with Gasteiger partial charge in [0, 0.05) is 10.6 Å². The van der Waals surface area contributed by atoms with Gasteiger partial charge in [-0.1, -0.05) is 23.7 Å². The number of benzene rings is 2. The van der Waals surface area contributed by atoms with Crippen LogP contribution >= 0.6 is 11.6 Å². The van der Waals surface area contributed by atoms with Gasteiger partial charge in [-0.15, -0.1) is 0 Å². The van der Waals surface area contributed by atoms with Crippen LogP contribution in [0.2, 0.25) is 5.02 Å². The van der Waals surface area contributed by atoms with Crippen LogP contribution in [-0.4, -0.2) is 29.4 Å². The van der Waals surface area contributed by atoms with Crippen LogP contribution in [0.5, 0.6) is 5.75 Å². The fourth-order valence-corrected chi connectivity index (χ4v) is 2.14. The second-order valence-corrected chi connectivity index (χ2v) is 5.32. The number of ketones is 1. The van der Waals surface area contributed by atoms with E-state index < -0.39 is 18.5 Å². The molecule has 0 saturated heterocycles. The van der Waals surface area contributed by atoms with E-state index in [4.69, 9.17) is 16.3 Å². The van der Waals surface area contributed by atoms with Crippen molar-refractivity contribution in [3.8, 4) is 5.75 Å². The minimum atomic E-state index is -0.862. The predicted octanol–water partition coefficient (Wildman–Crippen LogP) is 3.04. The molecule has 124 valence electrons. The Morgan fingerprint density at radius 1 is 1.12 bits per heavy atom. The Labute approximate surface area is 143 Å². The van der Waals surface area contributed by atoms with E-state index in [2.05, 4.69) is 5.32 Å². The number of phenolic OH excluding ortho intramolecular Hbond substituents is 1. The second kappa shape index (κ2) is 7.61. The molecule has 0 aromatic heterocycles. The Bertz CT molecular complexity index is 803. The van der Waals surface area contributed by atoms with Gasteiger partial charge in [-0.25, -0.2) is 4.79 Å². The van der Waals surface area contributed by atoms with Crippen LogP contribution in [-0.2, 0) is 9.53 Å². The van der Waals surface area contributed by atoms with Crippen LogP contribution in [0.3, 0.4) is 0 Å². The Hall–Kier alpha value is -2.86. The number of halogens is 1. The first-order chi connectivity index (χ1) is 11.4. The molecule has 2 rings (SSSR count). The molecule has 0 heterocycles. The maximum absolute atomic E-state index is 11.9. The number of rotatable bonds is 5. The van der Waals surface area contributed by atoms with E-state index in [0.717, 1.165) is 0 Å². The molecule has 0 fully saturated rings. The van der Waals surface area contributed by atoms with E-state index in [-0.39, 0.29) is 22.1 Å². The molecule has 0 aliphatic rings. The number of esters is 1. The molecule has 0 saturated carbocycles. The molecule has 0 bridgehead atoms. The Morgan fingerprint density at radius 2 is 1.83 bits per heavy atom. The van der Waals surface area contributed by atoms with Gasteiger partial charge in [0.15, 0.2) is 12.4 Å². The summed E-state index contributed by atoms with van der Waals surface area (Å²) in [5.74, 6) is -2.01. The molecule has 6 nitrogen and oxygen atoms in total. The van der Waals surface area contributed by atoms with Gasteiger partial charge >= 0.3 is 5.97 Å². The number of carbonyl (C=O) groups excluding carboxylic acids is 3. The minimum absolute atomic E-state index is 0.101. The SMILES string of the molecule is CC(=O)c1ccccc1NC(=O)COC(=O)c1ccc(Cl)cc1O. The van der Waals surface area contributed by atoms with Crippen LogP contribution in [0, 0.1) is 0 Å². The summed E-state index contributed by atoms with van der Waals surface area (Å²) in [4.78, 5) is 35.2. The number of aromatic hydroxyl groups is 1. The molecule has 0 unspecified atom stereocenters. The van der Waals surface area contributed by atoms with Crippen LogP contribution in [0.4, 0.5) is 5.69 Å². The Morgan fingerprint density at radius 3 is 2.50 bits per heavy atom. The fourth-order valence-electron chi connectivity index (χ4n) is 1.97. The Kier molecular flexibility index (Phi) is 5.55. The molecule has 2 aromatic carbocycles. The van der Waals surface area contributed by atoms with E-state index in [1.807, 2.05) is 0 Å². The fraction of sp³-hybridized carbons (Fsp3) is 0.118. The molecule has 0 aliphatic carbocycles. The zero-order valence-corrected chi connectivity index (χ0v) is 13.5. The summed E-state index contributed by atoms with van der Waals surface area (Å²) in [6.07, 6.45) is 0. The molecule has 2 aromatic rings. The van der Waals surface area contributed by atoms with E-state index in [0.29, 0.717) is 11.3 Å². The summed E-state index contributed by atoms with van der Waals surface area (Å²) >= 11 is 5.68. The molecular weight excluding hydrogens is 334 g/mol. The van der Waals surface area contributed by atoms with Gasteiger partial charge in [0.05, 0.1) is 5.69 Å². The van der Waals surface area contributed by atoms with Crippen molar-refractivity contribution in [2.45, 2.75) is 6.92 Å². The molecular formula is C17H14ClNO5. The summed E-state index contributed by atoms with van der Waals surface area (Å²) in [6, 6.07) is 10.4. The number of nitrogens with one attached hydrogen (secondary N) is 1. The zero-order chi connectivity index (χ0) is 17.7. The van der Waals surface area contributed by atoms with Crippen molar-refractivity contribution >= 4 is 34.9 Å². The number of hydrogen-bond acceptors (Lipinski definition) is 5. The molecule has 0 radical (unpaired) electrons. The van der Waals surface area contributed by atoms with Gasteiger partial charge in [0.25, 0.3) is 5.91 Å². The first-order valence-electron chi connectivity index (χ1n) is 6.94. The van der Waals surface area contributed by atoms with Crippen LogP contribution in [0.1, 0.15) is 27.6 Å². The lowest BCUT2D eigenvalue weighted by molar-refractivity contribution is -0.119. The van der Waals surface area contributed by atoms with Crippen molar-refractivity contribution in [2.75, 3.05) is 11.9 Å². The molecule has 0 aliphatic heterocycles. The van der Waals surface area contributed by atoms with Crippen molar-refractivity contribution in [2.24, 2.45) is 0 Å². The summed E-state index contributed by atoms with van der Waals surface area (Å²) in [6.45, 7) is 0.821. The van der Waals surface area contributed by atoms with E-state index in [1.54, 1.807) is 24.3 Å². The molecule has 7 heteroatoms. The van der Waals surface area contributed by atoms with Crippen LogP contribution in [0.15, 0.2) is 42.5 Å². The minimum Gasteiger partial charge on any atom is -0.507 e. The number of hydrogen-bond donors (Lipinski definition) is 2. The van der Waals surface area contributed by atoms with E-state index in [9.17, 15) is 19.5 Å². The van der Waals surface area contributed by atoms with Gasteiger partial charge in [-0.3, -0.25) is 9.59 Å². The van der Waals surface area contributed by atoms with Gasteiger partial charge in [-0.05, 0) is 37.3 Å². The molecule has 1 amide bonds.